The van der Waals surface area contributed by atoms with Gasteiger partial charge in [0, 0.05) is 6.04 Å². The van der Waals surface area contributed by atoms with Crippen LogP contribution in [0.3, 0.4) is 0 Å². The van der Waals surface area contributed by atoms with Gasteiger partial charge in [-0.25, -0.2) is 13.1 Å². The average molecular weight is 279 g/mol. The smallest absolute Gasteiger partial charge is 0.212 e. The van der Waals surface area contributed by atoms with E-state index < -0.39 is 10.0 Å². The van der Waals surface area contributed by atoms with Gasteiger partial charge in [0.15, 0.2) is 0 Å². The van der Waals surface area contributed by atoms with E-state index >= 15 is 0 Å². The molecule has 0 aliphatic heterocycles. The third-order valence-corrected chi connectivity index (χ3v) is 5.88. The molecule has 3 atom stereocenters. The fourth-order valence-electron chi connectivity index (χ4n) is 3.68. The molecule has 0 spiro atoms. The van der Waals surface area contributed by atoms with Gasteiger partial charge in [-0.15, -0.1) is 0 Å². The number of aryl methyl sites for hydroxylation is 1. The number of fused-ring (bicyclic) bond motifs is 2. The zero-order valence-electron chi connectivity index (χ0n) is 11.3. The first kappa shape index (κ1) is 13.1. The first-order valence-electron chi connectivity index (χ1n) is 7.07. The third kappa shape index (κ3) is 3.00. The molecule has 0 heterocycles. The molecule has 1 aromatic carbocycles. The molecular formula is C15H21NO2S. The van der Waals surface area contributed by atoms with Crippen LogP contribution in [0, 0.1) is 18.8 Å². The molecule has 2 bridgehead atoms. The number of hydrogen-bond acceptors (Lipinski definition) is 2. The van der Waals surface area contributed by atoms with Crippen molar-refractivity contribution in [3.63, 3.8) is 0 Å². The Morgan fingerprint density at radius 3 is 2.74 bits per heavy atom. The zero-order valence-corrected chi connectivity index (χ0v) is 12.1. The van der Waals surface area contributed by atoms with Crippen LogP contribution in [-0.4, -0.2) is 14.5 Å². The first-order chi connectivity index (χ1) is 9.02. The molecule has 104 valence electrons. The Labute approximate surface area is 115 Å². The summed E-state index contributed by atoms with van der Waals surface area (Å²) >= 11 is 0. The number of hydrogen-bond donors (Lipinski definition) is 1. The van der Waals surface area contributed by atoms with Crippen molar-refractivity contribution < 1.29 is 8.42 Å². The van der Waals surface area contributed by atoms with Crippen LogP contribution >= 0.6 is 0 Å². The fourth-order valence-corrected chi connectivity index (χ4v) is 5.13. The average Bonchev–Trinajstić information content (AvgIpc) is 2.89. The Morgan fingerprint density at radius 1 is 1.26 bits per heavy atom. The highest BCUT2D eigenvalue weighted by molar-refractivity contribution is 7.88. The van der Waals surface area contributed by atoms with Crippen molar-refractivity contribution >= 4 is 10.0 Å². The highest BCUT2D eigenvalue weighted by atomic mass is 32.2. The lowest BCUT2D eigenvalue weighted by molar-refractivity contribution is 0.390. The van der Waals surface area contributed by atoms with E-state index in [1.165, 1.54) is 19.3 Å². The van der Waals surface area contributed by atoms with Crippen molar-refractivity contribution in [1.29, 1.82) is 0 Å². The fraction of sp³-hybridized carbons (Fsp3) is 0.600. The maximum absolute atomic E-state index is 12.2. The molecule has 1 N–H and O–H groups in total. The van der Waals surface area contributed by atoms with Crippen LogP contribution in [0.4, 0.5) is 0 Å². The van der Waals surface area contributed by atoms with E-state index in [1.54, 1.807) is 0 Å². The van der Waals surface area contributed by atoms with Gasteiger partial charge in [-0.3, -0.25) is 0 Å². The summed E-state index contributed by atoms with van der Waals surface area (Å²) in [5.74, 6) is 1.44. The third-order valence-electron chi connectivity index (χ3n) is 4.51. The summed E-state index contributed by atoms with van der Waals surface area (Å²) in [4.78, 5) is 0. The second kappa shape index (κ2) is 4.91. The lowest BCUT2D eigenvalue weighted by Gasteiger charge is -2.22. The van der Waals surface area contributed by atoms with E-state index in [4.69, 9.17) is 0 Å². The second-order valence-electron chi connectivity index (χ2n) is 6.15. The summed E-state index contributed by atoms with van der Waals surface area (Å²) < 4.78 is 27.4. The molecule has 2 aliphatic carbocycles. The quantitative estimate of drug-likeness (QED) is 0.921. The maximum Gasteiger partial charge on any atom is 0.216 e. The van der Waals surface area contributed by atoms with E-state index in [9.17, 15) is 8.42 Å². The van der Waals surface area contributed by atoms with Gasteiger partial charge in [0.2, 0.25) is 10.0 Å². The van der Waals surface area contributed by atoms with Crippen LogP contribution in [0.15, 0.2) is 24.3 Å². The zero-order chi connectivity index (χ0) is 13.5. The van der Waals surface area contributed by atoms with Gasteiger partial charge in [-0.1, -0.05) is 36.2 Å². The number of benzene rings is 1. The minimum atomic E-state index is -3.21. The van der Waals surface area contributed by atoms with Gasteiger partial charge < -0.3 is 0 Å². The lowest BCUT2D eigenvalue weighted by atomic mass is 9.96. The molecule has 0 amide bonds. The van der Waals surface area contributed by atoms with E-state index in [1.807, 2.05) is 31.2 Å². The molecule has 2 fully saturated rings. The summed E-state index contributed by atoms with van der Waals surface area (Å²) in [6.07, 6.45) is 4.75. The maximum atomic E-state index is 12.2. The predicted molar refractivity (Wildman–Crippen MR) is 76.2 cm³/mol. The van der Waals surface area contributed by atoms with Gasteiger partial charge >= 0.3 is 0 Å². The Kier molecular flexibility index (Phi) is 3.39. The highest BCUT2D eigenvalue weighted by Crippen LogP contribution is 2.44. The topological polar surface area (TPSA) is 46.2 Å². The summed E-state index contributed by atoms with van der Waals surface area (Å²) in [5, 5.41) is 0. The molecule has 3 nitrogen and oxygen atoms in total. The molecule has 1 aromatic rings. The van der Waals surface area contributed by atoms with Crippen molar-refractivity contribution in [3.05, 3.63) is 35.4 Å². The second-order valence-corrected chi connectivity index (χ2v) is 7.90. The molecule has 0 aromatic heterocycles. The molecular weight excluding hydrogens is 258 g/mol. The van der Waals surface area contributed by atoms with Crippen molar-refractivity contribution in [2.24, 2.45) is 11.8 Å². The van der Waals surface area contributed by atoms with Gasteiger partial charge in [-0.2, -0.15) is 0 Å². The molecule has 3 unspecified atom stereocenters. The lowest BCUT2D eigenvalue weighted by Crippen LogP contribution is -2.39. The summed E-state index contributed by atoms with van der Waals surface area (Å²) in [7, 11) is -3.21. The largest absolute Gasteiger partial charge is 0.216 e. The molecule has 0 radical (unpaired) electrons. The molecule has 3 rings (SSSR count). The predicted octanol–water partition coefficient (Wildman–Crippen LogP) is 2.60. The van der Waals surface area contributed by atoms with Crippen LogP contribution < -0.4 is 4.72 Å². The Hall–Kier alpha value is -0.870. The monoisotopic (exact) mass is 279 g/mol. The van der Waals surface area contributed by atoms with Gasteiger partial charge in [0.05, 0.1) is 5.75 Å². The van der Waals surface area contributed by atoms with Crippen LogP contribution in [0.1, 0.15) is 36.8 Å². The highest BCUT2D eigenvalue weighted by Gasteiger charge is 2.40. The van der Waals surface area contributed by atoms with E-state index in [-0.39, 0.29) is 11.8 Å². The normalized spacial score (nSPS) is 29.8. The number of rotatable bonds is 4. The first-order valence-corrected chi connectivity index (χ1v) is 8.72. The molecule has 19 heavy (non-hydrogen) atoms. The Balaban J connectivity index is 1.66. The Morgan fingerprint density at radius 2 is 2.11 bits per heavy atom. The van der Waals surface area contributed by atoms with Gasteiger partial charge in [-0.05, 0) is 43.6 Å². The molecule has 0 saturated heterocycles. The van der Waals surface area contributed by atoms with Gasteiger partial charge in [0.1, 0.15) is 0 Å². The summed E-state index contributed by atoms with van der Waals surface area (Å²) in [5.41, 5.74) is 1.98. The van der Waals surface area contributed by atoms with Crippen molar-refractivity contribution in [3.8, 4) is 0 Å². The summed E-state index contributed by atoms with van der Waals surface area (Å²) in [6, 6.07) is 7.91. The van der Waals surface area contributed by atoms with E-state index in [0.29, 0.717) is 5.92 Å². The minimum Gasteiger partial charge on any atom is -0.212 e. The van der Waals surface area contributed by atoms with Crippen LogP contribution in [0.2, 0.25) is 0 Å². The van der Waals surface area contributed by atoms with E-state index in [2.05, 4.69) is 4.72 Å². The molecule has 2 saturated carbocycles. The molecule has 4 heteroatoms. The number of sulfonamides is 1. The van der Waals surface area contributed by atoms with Gasteiger partial charge in [0.25, 0.3) is 0 Å². The van der Waals surface area contributed by atoms with Crippen LogP contribution in [0.5, 0.6) is 0 Å². The van der Waals surface area contributed by atoms with E-state index in [0.717, 1.165) is 23.5 Å². The number of nitrogens with one attached hydrogen (secondary N) is 1. The Bertz CT molecular complexity index is 567. The standard InChI is InChI=1S/C15H21NO2S/c1-11-3-2-4-13(7-11)10-19(17,18)16-15-9-12-5-6-14(15)8-12/h2-4,7,12,14-16H,5-6,8-10H2,1H3. The van der Waals surface area contributed by atoms with Crippen LogP contribution in [0.25, 0.3) is 0 Å². The minimum absolute atomic E-state index is 0.0998. The SMILES string of the molecule is Cc1cccc(CS(=O)(=O)NC2CC3CCC2C3)c1. The van der Waals surface area contributed by atoms with Crippen molar-refractivity contribution in [1.82, 2.24) is 4.72 Å². The van der Waals surface area contributed by atoms with Crippen molar-refractivity contribution in [2.75, 3.05) is 0 Å². The van der Waals surface area contributed by atoms with Crippen molar-refractivity contribution in [2.45, 2.75) is 44.4 Å². The van der Waals surface area contributed by atoms with Crippen LogP contribution in [-0.2, 0) is 15.8 Å². The molecule has 2 aliphatic rings. The summed E-state index contributed by atoms with van der Waals surface area (Å²) in [6.45, 7) is 1.99.